The van der Waals surface area contributed by atoms with Crippen LogP contribution in [-0.2, 0) is 0 Å². The van der Waals surface area contributed by atoms with Gasteiger partial charge in [0.05, 0.1) is 16.3 Å². The second kappa shape index (κ2) is 3.44. The van der Waals surface area contributed by atoms with Crippen molar-refractivity contribution in [1.82, 2.24) is 4.37 Å². The first kappa shape index (κ1) is 9.52. The van der Waals surface area contributed by atoms with Crippen LogP contribution in [0.25, 0.3) is 0 Å². The van der Waals surface area contributed by atoms with Crippen molar-refractivity contribution >= 4 is 17.2 Å². The summed E-state index contributed by atoms with van der Waals surface area (Å²) in [5, 5.41) is 0. The average molecular weight is 184 g/mol. The summed E-state index contributed by atoms with van der Waals surface area (Å²) >= 11 is 1.54. The number of aromatic nitrogens is 1. The molecule has 1 aromatic heterocycles. The summed E-state index contributed by atoms with van der Waals surface area (Å²) in [6.45, 7) is 8.53. The molecule has 0 unspecified atom stereocenters. The lowest BCUT2D eigenvalue weighted by molar-refractivity contribution is 0.838. The molecule has 0 aromatic carbocycles. The van der Waals surface area contributed by atoms with Crippen molar-refractivity contribution in [2.24, 2.45) is 0 Å². The van der Waals surface area contributed by atoms with Gasteiger partial charge in [0.1, 0.15) is 0 Å². The van der Waals surface area contributed by atoms with Crippen LogP contribution in [0.2, 0.25) is 0 Å². The lowest BCUT2D eigenvalue weighted by Gasteiger charge is -2.04. The number of nitrogens with two attached hydrogens (primary N) is 1. The van der Waals surface area contributed by atoms with Crippen molar-refractivity contribution in [3.05, 3.63) is 10.6 Å². The first-order valence-corrected chi connectivity index (χ1v) is 5.06. The van der Waals surface area contributed by atoms with Gasteiger partial charge in [0.2, 0.25) is 0 Å². The van der Waals surface area contributed by atoms with E-state index in [9.17, 15) is 0 Å². The van der Waals surface area contributed by atoms with Gasteiger partial charge in [-0.15, -0.1) is 0 Å². The van der Waals surface area contributed by atoms with Crippen LogP contribution in [0, 0.1) is 0 Å². The molecule has 1 rings (SSSR count). The van der Waals surface area contributed by atoms with Gasteiger partial charge in [-0.25, -0.2) is 0 Å². The summed E-state index contributed by atoms with van der Waals surface area (Å²) in [6, 6.07) is 0. The van der Waals surface area contributed by atoms with E-state index in [1.165, 1.54) is 16.4 Å². The second-order valence-corrected chi connectivity index (χ2v) is 4.46. The Balaban J connectivity index is 3.04. The Kier molecular flexibility index (Phi) is 2.73. The van der Waals surface area contributed by atoms with Crippen LogP contribution in [0.15, 0.2) is 0 Å². The maximum Gasteiger partial charge on any atom is 0.0799 e. The lowest BCUT2D eigenvalue weighted by atomic mass is 10.1. The standard InChI is InChI=1S/C9H16N2S/c1-5(2)8-7(10)9(6(3)4)12-11-8/h5-6H,10H2,1-4H3. The first-order valence-electron chi connectivity index (χ1n) is 4.29. The first-order chi connectivity index (χ1) is 5.54. The summed E-state index contributed by atoms with van der Waals surface area (Å²) in [6.07, 6.45) is 0. The van der Waals surface area contributed by atoms with E-state index >= 15 is 0 Å². The van der Waals surface area contributed by atoms with Gasteiger partial charge in [-0.05, 0) is 23.4 Å². The fourth-order valence-electron chi connectivity index (χ4n) is 1.16. The SMILES string of the molecule is CC(C)c1nsc(C(C)C)c1N. The van der Waals surface area contributed by atoms with Crippen molar-refractivity contribution in [3.63, 3.8) is 0 Å². The molecule has 0 bridgehead atoms. The Morgan fingerprint density at radius 3 is 2.00 bits per heavy atom. The summed E-state index contributed by atoms with van der Waals surface area (Å²) in [5.41, 5.74) is 7.92. The minimum Gasteiger partial charge on any atom is -0.396 e. The number of nitrogen functional groups attached to an aromatic ring is 1. The van der Waals surface area contributed by atoms with E-state index in [1.807, 2.05) is 0 Å². The highest BCUT2D eigenvalue weighted by atomic mass is 32.1. The zero-order valence-electron chi connectivity index (χ0n) is 8.09. The molecule has 68 valence electrons. The van der Waals surface area contributed by atoms with E-state index < -0.39 is 0 Å². The van der Waals surface area contributed by atoms with Gasteiger partial charge in [0.15, 0.2) is 0 Å². The third-order valence-corrected chi connectivity index (χ3v) is 3.03. The van der Waals surface area contributed by atoms with Crippen LogP contribution in [0.1, 0.15) is 50.1 Å². The van der Waals surface area contributed by atoms with Crippen LogP contribution < -0.4 is 5.73 Å². The maximum atomic E-state index is 5.95. The van der Waals surface area contributed by atoms with Gasteiger partial charge >= 0.3 is 0 Å². The van der Waals surface area contributed by atoms with Crippen molar-refractivity contribution in [2.75, 3.05) is 5.73 Å². The highest BCUT2D eigenvalue weighted by Crippen LogP contribution is 2.32. The molecule has 0 aliphatic rings. The van der Waals surface area contributed by atoms with Crippen LogP contribution in [0.4, 0.5) is 5.69 Å². The van der Waals surface area contributed by atoms with Gasteiger partial charge in [-0.2, -0.15) is 4.37 Å². The van der Waals surface area contributed by atoms with Crippen molar-refractivity contribution in [3.8, 4) is 0 Å². The lowest BCUT2D eigenvalue weighted by Crippen LogP contribution is -1.97. The fraction of sp³-hybridized carbons (Fsp3) is 0.667. The van der Waals surface area contributed by atoms with Crippen molar-refractivity contribution in [2.45, 2.75) is 39.5 Å². The quantitative estimate of drug-likeness (QED) is 0.767. The van der Waals surface area contributed by atoms with Gasteiger partial charge in [-0.1, -0.05) is 27.7 Å². The molecule has 0 fully saturated rings. The summed E-state index contributed by atoms with van der Waals surface area (Å²) < 4.78 is 4.35. The van der Waals surface area contributed by atoms with E-state index in [1.54, 1.807) is 0 Å². The molecule has 1 heterocycles. The Morgan fingerprint density at radius 2 is 1.75 bits per heavy atom. The van der Waals surface area contributed by atoms with Gasteiger partial charge in [0, 0.05) is 0 Å². The number of nitrogens with zero attached hydrogens (tertiary/aromatic N) is 1. The monoisotopic (exact) mass is 184 g/mol. The van der Waals surface area contributed by atoms with Crippen LogP contribution in [0.5, 0.6) is 0 Å². The summed E-state index contributed by atoms with van der Waals surface area (Å²) in [5.74, 6) is 0.934. The van der Waals surface area contributed by atoms with E-state index in [4.69, 9.17) is 5.73 Å². The minimum absolute atomic E-state index is 0.439. The molecule has 2 nitrogen and oxygen atoms in total. The number of rotatable bonds is 2. The van der Waals surface area contributed by atoms with E-state index in [2.05, 4.69) is 32.1 Å². The minimum atomic E-state index is 0.439. The molecular weight excluding hydrogens is 168 g/mol. The molecule has 12 heavy (non-hydrogen) atoms. The number of hydrogen-bond donors (Lipinski definition) is 1. The molecule has 0 saturated carbocycles. The third-order valence-electron chi connectivity index (χ3n) is 1.86. The number of hydrogen-bond acceptors (Lipinski definition) is 3. The Labute approximate surface area is 78.0 Å². The second-order valence-electron chi connectivity index (χ2n) is 3.66. The molecule has 0 aliphatic carbocycles. The van der Waals surface area contributed by atoms with E-state index in [0.29, 0.717) is 11.8 Å². The molecule has 0 aliphatic heterocycles. The molecule has 0 radical (unpaired) electrons. The van der Waals surface area contributed by atoms with Crippen molar-refractivity contribution in [1.29, 1.82) is 0 Å². The molecule has 0 saturated heterocycles. The van der Waals surface area contributed by atoms with Gasteiger partial charge in [0.25, 0.3) is 0 Å². The topological polar surface area (TPSA) is 38.9 Å². The Morgan fingerprint density at radius 1 is 1.17 bits per heavy atom. The summed E-state index contributed by atoms with van der Waals surface area (Å²) in [7, 11) is 0. The predicted molar refractivity (Wildman–Crippen MR) is 54.7 cm³/mol. The fourth-order valence-corrected chi connectivity index (χ4v) is 2.08. The Bertz CT molecular complexity index is 238. The average Bonchev–Trinajstić information content (AvgIpc) is 2.30. The highest BCUT2D eigenvalue weighted by molar-refractivity contribution is 7.06. The largest absolute Gasteiger partial charge is 0.396 e. The summed E-state index contributed by atoms with van der Waals surface area (Å²) in [4.78, 5) is 1.22. The van der Waals surface area contributed by atoms with Gasteiger partial charge in [-0.3, -0.25) is 0 Å². The third kappa shape index (κ3) is 1.61. The van der Waals surface area contributed by atoms with Crippen molar-refractivity contribution < 1.29 is 0 Å². The normalized spacial score (nSPS) is 11.5. The predicted octanol–water partition coefficient (Wildman–Crippen LogP) is 2.97. The molecular formula is C9H16N2S. The molecule has 1 aromatic rings. The van der Waals surface area contributed by atoms with E-state index in [0.717, 1.165) is 11.4 Å². The highest BCUT2D eigenvalue weighted by Gasteiger charge is 2.14. The Hall–Kier alpha value is -0.570. The van der Waals surface area contributed by atoms with Crippen LogP contribution >= 0.6 is 11.5 Å². The molecule has 3 heteroatoms. The molecule has 0 amide bonds. The maximum absolute atomic E-state index is 5.95. The number of anilines is 1. The zero-order chi connectivity index (χ0) is 9.30. The molecule has 0 spiro atoms. The van der Waals surface area contributed by atoms with Crippen LogP contribution in [-0.4, -0.2) is 4.37 Å². The van der Waals surface area contributed by atoms with Gasteiger partial charge < -0.3 is 5.73 Å². The molecule has 2 N–H and O–H groups in total. The van der Waals surface area contributed by atoms with Crippen LogP contribution in [0.3, 0.4) is 0 Å². The van der Waals surface area contributed by atoms with E-state index in [-0.39, 0.29) is 0 Å². The zero-order valence-corrected chi connectivity index (χ0v) is 8.90. The molecule has 0 atom stereocenters. The smallest absolute Gasteiger partial charge is 0.0799 e.